The molecule has 1 saturated carbocycles. The molecule has 1 unspecified atom stereocenters. The Morgan fingerprint density at radius 2 is 1.56 bits per heavy atom. The Balaban J connectivity index is 1.27. The molecule has 0 aromatic heterocycles. The predicted octanol–water partition coefficient (Wildman–Crippen LogP) is 4.67. The number of hydrogen-bond donors (Lipinski definition) is 4. The van der Waals surface area contributed by atoms with Crippen molar-refractivity contribution in [1.82, 2.24) is 15.1 Å². The quantitative estimate of drug-likeness (QED) is 0.100. The number of carbonyl (C=O) groups excluding carboxylic acids is 7. The summed E-state index contributed by atoms with van der Waals surface area (Å²) in [5.41, 5.74) is 1.15. The van der Waals surface area contributed by atoms with Crippen molar-refractivity contribution < 1.29 is 77.3 Å². The molecule has 0 spiro atoms. The summed E-state index contributed by atoms with van der Waals surface area (Å²) in [4.78, 5) is 99.3. The monoisotopic (exact) mass is 1100 g/mol. The number of aliphatic hydroxyl groups is 3. The van der Waals surface area contributed by atoms with Gasteiger partial charge < -0.3 is 58.9 Å². The minimum atomic E-state index is -2.53. The molecular weight excluding hydrogens is 1010 g/mol. The van der Waals surface area contributed by atoms with Crippen molar-refractivity contribution in [1.29, 1.82) is 0 Å². The number of fused-ring (bicyclic) bond motifs is 4. The van der Waals surface area contributed by atoms with E-state index in [1.165, 1.54) is 12.0 Å². The minimum Gasteiger partial charge on any atom is -0.460 e. The number of Topliss-reactive ketones (excluding diaryl/α,β-unsaturated/α-hetero) is 3. The fourth-order valence-corrected chi connectivity index (χ4v) is 12.3. The van der Waals surface area contributed by atoms with Crippen LogP contribution in [0.4, 0.5) is 0 Å². The molecule has 0 aromatic rings. The highest BCUT2D eigenvalue weighted by Gasteiger charge is 2.53. The number of nitrogens with zero attached hydrogens (tertiary/aromatic N) is 2. The molecule has 6 rings (SSSR count). The van der Waals surface area contributed by atoms with Gasteiger partial charge in [0.2, 0.25) is 17.6 Å². The van der Waals surface area contributed by atoms with Crippen LogP contribution < -0.4 is 5.32 Å². The first-order valence-electron chi connectivity index (χ1n) is 28.5. The van der Waals surface area contributed by atoms with Crippen LogP contribution in [0.2, 0.25) is 0 Å². The molecule has 78 heavy (non-hydrogen) atoms. The zero-order valence-electron chi connectivity index (χ0n) is 47.5. The Morgan fingerprint density at radius 1 is 0.821 bits per heavy atom. The van der Waals surface area contributed by atoms with Crippen LogP contribution in [0.3, 0.4) is 0 Å². The third-order valence-corrected chi connectivity index (χ3v) is 17.2. The largest absolute Gasteiger partial charge is 0.460 e. The first-order valence-corrected chi connectivity index (χ1v) is 28.5. The number of ketones is 3. The second-order valence-corrected chi connectivity index (χ2v) is 23.2. The number of allylic oxidation sites excluding steroid dienone is 6. The fourth-order valence-electron chi connectivity index (χ4n) is 12.3. The van der Waals surface area contributed by atoms with Crippen LogP contribution in [-0.4, -0.2) is 180 Å². The van der Waals surface area contributed by atoms with Gasteiger partial charge in [-0.25, -0.2) is 4.79 Å². The molecule has 3 amide bonds. The topological polar surface area (TPSA) is 254 Å². The van der Waals surface area contributed by atoms with Crippen molar-refractivity contribution in [2.75, 3.05) is 47.1 Å². The van der Waals surface area contributed by atoms with Crippen LogP contribution >= 0.6 is 0 Å². The molecule has 19 heteroatoms. The smallest absolute Gasteiger partial charge is 0.329 e. The summed E-state index contributed by atoms with van der Waals surface area (Å²) in [6, 6.07) is -1.77. The van der Waals surface area contributed by atoms with E-state index in [1.54, 1.807) is 45.8 Å². The maximum atomic E-state index is 14.6. The normalized spacial score (nSPS) is 39.4. The van der Waals surface area contributed by atoms with Crippen LogP contribution in [0.1, 0.15) is 132 Å². The summed E-state index contributed by atoms with van der Waals surface area (Å²) >= 11 is 0. The van der Waals surface area contributed by atoms with Crippen molar-refractivity contribution in [3.05, 3.63) is 47.6 Å². The van der Waals surface area contributed by atoms with Crippen molar-refractivity contribution in [2.24, 2.45) is 35.5 Å². The van der Waals surface area contributed by atoms with Crippen LogP contribution in [0.25, 0.3) is 0 Å². The number of hydrogen-bond acceptors (Lipinski definition) is 16. The first kappa shape index (κ1) is 62.7. The van der Waals surface area contributed by atoms with Gasteiger partial charge in [0.25, 0.3) is 11.7 Å². The van der Waals surface area contributed by atoms with Gasteiger partial charge in [0.15, 0.2) is 5.78 Å². The fraction of sp³-hybridized carbons (Fsp3) is 0.746. The average molecular weight is 1100 g/mol. The molecule has 0 aromatic carbocycles. The number of methoxy groups -OCH3 is 2. The van der Waals surface area contributed by atoms with E-state index in [-0.39, 0.29) is 98.9 Å². The number of piperidine rings is 1. The van der Waals surface area contributed by atoms with Crippen LogP contribution in [0.15, 0.2) is 47.6 Å². The van der Waals surface area contributed by atoms with E-state index in [2.05, 4.69) is 5.32 Å². The molecular formula is C59H89N3O16. The number of piperazine rings is 1. The Bertz CT molecular complexity index is 2220. The van der Waals surface area contributed by atoms with Crippen molar-refractivity contribution in [3.8, 4) is 0 Å². The van der Waals surface area contributed by atoms with E-state index in [0.717, 1.165) is 5.57 Å². The third-order valence-electron chi connectivity index (χ3n) is 17.2. The molecule has 5 aliphatic heterocycles. The highest BCUT2D eigenvalue weighted by molar-refractivity contribution is 6.39. The molecule has 5 heterocycles. The van der Waals surface area contributed by atoms with Crippen LogP contribution in [0.5, 0.6) is 0 Å². The van der Waals surface area contributed by atoms with Gasteiger partial charge in [0.05, 0.1) is 50.3 Å². The number of aliphatic hydroxyl groups excluding tert-OH is 2. The number of cyclic esters (lactones) is 1. The Kier molecular flexibility index (Phi) is 23.2. The lowest BCUT2D eigenvalue weighted by molar-refractivity contribution is -0.266. The van der Waals surface area contributed by atoms with Gasteiger partial charge in [-0.2, -0.15) is 0 Å². The van der Waals surface area contributed by atoms with E-state index in [1.807, 2.05) is 51.2 Å². The molecule has 5 fully saturated rings. The van der Waals surface area contributed by atoms with Gasteiger partial charge in [0, 0.05) is 64.3 Å². The number of amides is 3. The molecule has 19 nitrogen and oxygen atoms in total. The third kappa shape index (κ3) is 15.9. The lowest BCUT2D eigenvalue weighted by Crippen LogP contribution is -2.61. The Hall–Kier alpha value is -4.47. The standard InChI is InChI=1S/C59H89N3O16/c1-34-15-11-10-12-16-35(2)48(76-24-23-75-43-29-45-56(69)60-32-51(65)62(45)33-43)30-42-20-18-40(7)59(72,78-42)55(68)57(70)61-22-14-13-17-44(61)58(71)77-49(37(4)27-41-19-21-46(63)50(28-41)73-8)31-47(64)36(3)26-39(6)53(67)54(74-9)52(66)38(5)25-34/h10-12,15-16,26,34,36-38,40-46,48-50,53-54,63,67,72H,13-14,17-25,27-33H2,1-9H3,(H,60,69)/b12-10+,15-11+,35-16+,39-26+/t34-,36-,37-,38-,40-,41+,42+,43-,44+,45+,46-,48?,49+,50-,53-,54+,59-/m1/s1. The molecule has 436 valence electrons. The second-order valence-electron chi connectivity index (χ2n) is 23.2. The number of esters is 1. The molecule has 6 aliphatic rings. The van der Waals surface area contributed by atoms with Gasteiger partial charge in [-0.15, -0.1) is 0 Å². The SMILES string of the molecule is CO[C@@H]1C[C@H](C[C@@H](C)[C@@H]2CC(=O)[C@H](C)/C=C(\C)[C@@H](O)[C@@H](OC)C(=O)[C@H](C)C[C@H](C)/C=C/C=C/C=C(\C)C(OCCO[C@@H]3C[C@H]4C(=O)NCC(=O)N4C3)C[C@@H]3CC[C@@H](C)[C@@](O)(O3)C(=O)C(=O)N3CCCC[C@H]3C(=O)O2)CC[C@H]1O. The van der Waals surface area contributed by atoms with Crippen molar-refractivity contribution in [3.63, 3.8) is 0 Å². The highest BCUT2D eigenvalue weighted by Crippen LogP contribution is 2.38. The zero-order chi connectivity index (χ0) is 57.0. The van der Waals surface area contributed by atoms with Gasteiger partial charge in [0.1, 0.15) is 36.2 Å². The number of rotatable bonds is 10. The molecule has 0 radical (unpaired) electrons. The molecule has 4 N–H and O–H groups in total. The minimum absolute atomic E-state index is 0.0416. The predicted molar refractivity (Wildman–Crippen MR) is 287 cm³/mol. The number of nitrogens with one attached hydrogen (secondary N) is 1. The van der Waals surface area contributed by atoms with Gasteiger partial charge in [-0.05, 0) is 107 Å². The summed E-state index contributed by atoms with van der Waals surface area (Å²) < 4.78 is 36.4. The van der Waals surface area contributed by atoms with Gasteiger partial charge in [-0.3, -0.25) is 28.8 Å². The van der Waals surface area contributed by atoms with E-state index >= 15 is 0 Å². The molecule has 2 bridgehead atoms. The number of carbonyl (C=O) groups is 7. The summed E-state index contributed by atoms with van der Waals surface area (Å²) in [6.07, 6.45) is 9.95. The van der Waals surface area contributed by atoms with Crippen molar-refractivity contribution >= 4 is 41.0 Å². The Labute approximate surface area is 460 Å². The average Bonchev–Trinajstić information content (AvgIpc) is 3.86. The summed E-state index contributed by atoms with van der Waals surface area (Å²) in [5.74, 6) is -8.91. The summed E-state index contributed by atoms with van der Waals surface area (Å²) in [5, 5.41) is 37.0. The van der Waals surface area contributed by atoms with E-state index < -0.39 is 89.9 Å². The zero-order valence-corrected chi connectivity index (χ0v) is 47.5. The molecule has 4 saturated heterocycles. The number of ether oxygens (including phenoxy) is 6. The molecule has 1 aliphatic carbocycles. The van der Waals surface area contributed by atoms with Crippen molar-refractivity contribution in [2.45, 2.75) is 199 Å². The van der Waals surface area contributed by atoms with E-state index in [9.17, 15) is 48.9 Å². The van der Waals surface area contributed by atoms with Gasteiger partial charge in [-0.1, -0.05) is 71.1 Å². The highest BCUT2D eigenvalue weighted by atomic mass is 16.6. The van der Waals surface area contributed by atoms with Gasteiger partial charge >= 0.3 is 5.97 Å². The maximum absolute atomic E-state index is 14.6. The molecule has 17 atom stereocenters. The van der Waals surface area contributed by atoms with E-state index in [0.29, 0.717) is 76.3 Å². The van der Waals surface area contributed by atoms with Crippen LogP contribution in [0, 0.1) is 35.5 Å². The van der Waals surface area contributed by atoms with Crippen LogP contribution in [-0.2, 0) is 62.0 Å². The summed E-state index contributed by atoms with van der Waals surface area (Å²) in [6.45, 7) is 13.1. The first-order chi connectivity index (χ1) is 37.1. The van der Waals surface area contributed by atoms with E-state index in [4.69, 9.17) is 28.4 Å². The lowest BCUT2D eigenvalue weighted by atomic mass is 9.78. The Morgan fingerprint density at radius 3 is 2.28 bits per heavy atom. The summed E-state index contributed by atoms with van der Waals surface area (Å²) in [7, 11) is 2.92. The lowest BCUT2D eigenvalue weighted by Gasteiger charge is -2.43. The maximum Gasteiger partial charge on any atom is 0.329 e. The second kappa shape index (κ2) is 28.8.